The van der Waals surface area contributed by atoms with Crippen molar-refractivity contribution in [3.8, 4) is 0 Å². The Balaban J connectivity index is 1.42. The Hall–Kier alpha value is -3.84. The molecule has 0 aliphatic rings. The number of pyridine rings is 1. The summed E-state index contributed by atoms with van der Waals surface area (Å²) in [6.07, 6.45) is 0. The van der Waals surface area contributed by atoms with Gasteiger partial charge in [-0.15, -0.1) is 0 Å². The number of aromatic nitrogens is 1. The number of amides is 1. The fraction of sp³-hybridized carbons (Fsp3) is 0.200. The molecule has 3 aromatic carbocycles. The number of nitro benzene ring substituents is 1. The first-order valence-corrected chi connectivity index (χ1v) is 10.4. The number of carbonyl (C=O) groups excluding carboxylic acids is 1. The molecule has 0 radical (unpaired) electrons. The minimum Gasteiger partial charge on any atom is -0.346 e. The lowest BCUT2D eigenvalue weighted by Crippen LogP contribution is -2.44. The minimum absolute atomic E-state index is 0.0859. The molecule has 4 rings (SSSR count). The van der Waals surface area contributed by atoms with Crippen molar-refractivity contribution in [2.45, 2.75) is 6.54 Å². The number of carbonyl (C=O) groups is 1. The number of quaternary nitrogens is 1. The van der Waals surface area contributed by atoms with Crippen LogP contribution in [0.3, 0.4) is 0 Å². The quantitative estimate of drug-likeness (QED) is 0.205. The Morgan fingerprint density at radius 1 is 1.00 bits per heavy atom. The van der Waals surface area contributed by atoms with Crippen molar-refractivity contribution < 1.29 is 14.2 Å². The summed E-state index contributed by atoms with van der Waals surface area (Å²) in [7, 11) is 4.14. The molecule has 1 heterocycles. The van der Waals surface area contributed by atoms with E-state index in [9.17, 15) is 14.9 Å². The fourth-order valence-corrected chi connectivity index (χ4v) is 3.85. The molecule has 0 bridgehead atoms. The van der Waals surface area contributed by atoms with Crippen LogP contribution in [0.2, 0.25) is 0 Å². The molecule has 7 nitrogen and oxygen atoms in total. The van der Waals surface area contributed by atoms with Gasteiger partial charge < -0.3 is 9.80 Å². The van der Waals surface area contributed by atoms with Crippen LogP contribution in [0.15, 0.2) is 72.8 Å². The van der Waals surface area contributed by atoms with Crippen LogP contribution < -0.4 is 5.32 Å². The van der Waals surface area contributed by atoms with E-state index in [-0.39, 0.29) is 11.6 Å². The van der Waals surface area contributed by atoms with E-state index < -0.39 is 4.92 Å². The number of para-hydroxylation sites is 2. The van der Waals surface area contributed by atoms with Crippen LogP contribution >= 0.6 is 0 Å². The van der Waals surface area contributed by atoms with Gasteiger partial charge in [-0.2, -0.15) is 0 Å². The number of hydrogen-bond acceptors (Lipinski definition) is 4. The topological polar surface area (TPSA) is 85.1 Å². The second kappa shape index (κ2) is 8.72. The maximum Gasteiger partial charge on any atom is 0.269 e. The fourth-order valence-electron chi connectivity index (χ4n) is 3.85. The number of nitro groups is 1. The first kappa shape index (κ1) is 21.4. The standard InChI is InChI=1S/C25H24N4O3/c1-29(2,17-18-10-12-21(13-11-18)28(31)32)15-14-26-25(30)22-8-5-7-20-16-19-6-3-4-9-23(19)27-24(20)22/h3-13,16H,14-15,17H2,1-2H3/p+1. The Kier molecular flexibility index (Phi) is 5.83. The van der Waals surface area contributed by atoms with Crippen molar-refractivity contribution in [3.05, 3.63) is 94.0 Å². The second-order valence-corrected chi connectivity index (χ2v) is 8.56. The zero-order valence-corrected chi connectivity index (χ0v) is 18.1. The molecule has 1 amide bonds. The molecule has 162 valence electrons. The third kappa shape index (κ3) is 4.73. The zero-order chi connectivity index (χ0) is 22.7. The van der Waals surface area contributed by atoms with Crippen molar-refractivity contribution in [3.63, 3.8) is 0 Å². The Morgan fingerprint density at radius 3 is 2.47 bits per heavy atom. The van der Waals surface area contributed by atoms with Gasteiger partial charge in [-0.25, -0.2) is 4.98 Å². The van der Waals surface area contributed by atoms with Gasteiger partial charge in [0, 0.05) is 28.5 Å². The third-order valence-corrected chi connectivity index (χ3v) is 5.55. The summed E-state index contributed by atoms with van der Waals surface area (Å²) in [6, 6.07) is 22.2. The molecule has 0 aliphatic heterocycles. The van der Waals surface area contributed by atoms with Gasteiger partial charge in [-0.3, -0.25) is 14.9 Å². The summed E-state index contributed by atoms with van der Waals surface area (Å²) in [5.74, 6) is -0.145. The molecule has 0 atom stereocenters. The van der Waals surface area contributed by atoms with Crippen LogP contribution in [-0.2, 0) is 6.54 Å². The predicted octanol–water partition coefficient (Wildman–Crippen LogP) is 4.30. The molecule has 0 saturated heterocycles. The first-order chi connectivity index (χ1) is 15.3. The highest BCUT2D eigenvalue weighted by Crippen LogP contribution is 2.22. The first-order valence-electron chi connectivity index (χ1n) is 10.4. The number of likely N-dealkylation sites (N-methyl/N-ethyl adjacent to an activating group) is 1. The summed E-state index contributed by atoms with van der Waals surface area (Å²) < 4.78 is 0.635. The molecular weight excluding hydrogens is 404 g/mol. The van der Waals surface area contributed by atoms with Crippen LogP contribution in [0.1, 0.15) is 15.9 Å². The molecule has 7 heteroatoms. The summed E-state index contributed by atoms with van der Waals surface area (Å²) >= 11 is 0. The predicted molar refractivity (Wildman–Crippen MR) is 125 cm³/mol. The van der Waals surface area contributed by atoms with Gasteiger partial charge in [0.2, 0.25) is 0 Å². The van der Waals surface area contributed by atoms with Crippen LogP contribution in [0.4, 0.5) is 5.69 Å². The average molecular weight is 430 g/mol. The monoisotopic (exact) mass is 429 g/mol. The van der Waals surface area contributed by atoms with Gasteiger partial charge in [0.25, 0.3) is 11.6 Å². The lowest BCUT2D eigenvalue weighted by molar-refractivity contribution is -0.902. The molecule has 4 aromatic rings. The molecule has 1 aromatic heterocycles. The second-order valence-electron chi connectivity index (χ2n) is 8.56. The van der Waals surface area contributed by atoms with Crippen molar-refractivity contribution in [2.24, 2.45) is 0 Å². The summed E-state index contributed by atoms with van der Waals surface area (Å²) in [4.78, 5) is 28.1. The molecular formula is C25H25N4O3+. The zero-order valence-electron chi connectivity index (χ0n) is 18.1. The molecule has 0 aliphatic carbocycles. The largest absolute Gasteiger partial charge is 0.346 e. The number of benzene rings is 3. The maximum atomic E-state index is 12.9. The Bertz CT molecular complexity index is 1300. The Labute approximate surface area is 186 Å². The van der Waals surface area contributed by atoms with E-state index in [1.807, 2.05) is 36.4 Å². The molecule has 0 fully saturated rings. The van der Waals surface area contributed by atoms with Crippen molar-refractivity contribution >= 4 is 33.4 Å². The van der Waals surface area contributed by atoms with E-state index in [0.717, 1.165) is 21.9 Å². The number of nitrogens with one attached hydrogen (secondary N) is 1. The summed E-state index contributed by atoms with van der Waals surface area (Å²) in [6.45, 7) is 1.92. The van der Waals surface area contributed by atoms with Gasteiger partial charge in [0.05, 0.1) is 48.7 Å². The molecule has 0 spiro atoms. The molecule has 0 unspecified atom stereocenters. The van der Waals surface area contributed by atoms with Gasteiger partial charge >= 0.3 is 0 Å². The smallest absolute Gasteiger partial charge is 0.269 e. The van der Waals surface area contributed by atoms with E-state index in [4.69, 9.17) is 4.98 Å². The lowest BCUT2D eigenvalue weighted by atomic mass is 10.1. The number of non-ortho nitro benzene ring substituents is 1. The number of nitrogens with zero attached hydrogens (tertiary/aromatic N) is 3. The summed E-state index contributed by atoms with van der Waals surface area (Å²) in [5.41, 5.74) is 3.22. The van der Waals surface area contributed by atoms with Crippen molar-refractivity contribution in [1.82, 2.24) is 10.3 Å². The highest BCUT2D eigenvalue weighted by molar-refractivity contribution is 6.07. The SMILES string of the molecule is C[N+](C)(CCNC(=O)c1cccc2cc3ccccc3nc12)Cc1ccc([N+](=O)[O-])cc1. The number of fused-ring (bicyclic) bond motifs is 2. The average Bonchev–Trinajstić information content (AvgIpc) is 2.77. The lowest BCUT2D eigenvalue weighted by Gasteiger charge is -2.30. The van der Waals surface area contributed by atoms with E-state index >= 15 is 0 Å². The number of hydrogen-bond donors (Lipinski definition) is 1. The van der Waals surface area contributed by atoms with Gasteiger partial charge in [-0.1, -0.05) is 30.3 Å². The normalized spacial score (nSPS) is 11.6. The number of rotatable bonds is 7. The highest BCUT2D eigenvalue weighted by Gasteiger charge is 2.18. The van der Waals surface area contributed by atoms with E-state index in [1.165, 1.54) is 12.1 Å². The van der Waals surface area contributed by atoms with E-state index in [2.05, 4.69) is 25.5 Å². The van der Waals surface area contributed by atoms with E-state index in [1.54, 1.807) is 18.2 Å². The van der Waals surface area contributed by atoms with E-state index in [0.29, 0.717) is 35.2 Å². The van der Waals surface area contributed by atoms with Crippen LogP contribution in [0, 0.1) is 10.1 Å². The third-order valence-electron chi connectivity index (χ3n) is 5.55. The van der Waals surface area contributed by atoms with Crippen LogP contribution in [-0.4, -0.2) is 47.5 Å². The molecule has 32 heavy (non-hydrogen) atoms. The highest BCUT2D eigenvalue weighted by atomic mass is 16.6. The van der Waals surface area contributed by atoms with Gasteiger partial charge in [0.15, 0.2) is 0 Å². The van der Waals surface area contributed by atoms with Crippen molar-refractivity contribution in [2.75, 3.05) is 27.2 Å². The minimum atomic E-state index is -0.399. The van der Waals surface area contributed by atoms with Gasteiger partial charge in [-0.05, 0) is 30.3 Å². The molecule has 1 N–H and O–H groups in total. The maximum absolute atomic E-state index is 12.9. The molecule has 0 saturated carbocycles. The van der Waals surface area contributed by atoms with Gasteiger partial charge in [0.1, 0.15) is 6.54 Å². The van der Waals surface area contributed by atoms with Crippen LogP contribution in [0.5, 0.6) is 0 Å². The van der Waals surface area contributed by atoms with Crippen molar-refractivity contribution in [1.29, 1.82) is 0 Å². The Morgan fingerprint density at radius 2 is 1.72 bits per heavy atom. The van der Waals surface area contributed by atoms with Crippen LogP contribution in [0.25, 0.3) is 21.8 Å². The summed E-state index contributed by atoms with van der Waals surface area (Å²) in [5, 5.41) is 15.8.